The van der Waals surface area contributed by atoms with Crippen LogP contribution in [0.15, 0.2) is 97.2 Å². The lowest BCUT2D eigenvalue weighted by molar-refractivity contribution is -0.111. The molecule has 0 aliphatic carbocycles. The molecule has 5 nitrogen and oxygen atoms in total. The van der Waals surface area contributed by atoms with Gasteiger partial charge in [0.1, 0.15) is 0 Å². The van der Waals surface area contributed by atoms with E-state index >= 15 is 0 Å². The zero-order chi connectivity index (χ0) is 23.2. The summed E-state index contributed by atoms with van der Waals surface area (Å²) in [6.07, 6.45) is 5.18. The molecule has 170 valence electrons. The summed E-state index contributed by atoms with van der Waals surface area (Å²) in [5, 5.41) is 4.14. The fourth-order valence-corrected chi connectivity index (χ4v) is 4.44. The largest absolute Gasteiger partial charge is 0.367 e. The highest BCUT2D eigenvalue weighted by molar-refractivity contribution is 6.07. The van der Waals surface area contributed by atoms with E-state index < -0.39 is 0 Å². The van der Waals surface area contributed by atoms with Gasteiger partial charge in [0.25, 0.3) is 0 Å². The van der Waals surface area contributed by atoms with Crippen LogP contribution in [0.2, 0.25) is 0 Å². The standard InChI is InChI=1S/C29H28N4O/c34-28(16-15-23-9-3-1-4-10-23)31-27-21-30-26-14-8-7-13-25(26)29(27)33-19-17-32(18-20-33)22-24-11-5-2-6-12-24/h1-16,21H,17-20,22H2,(H,31,34)/b16-15+. The van der Waals surface area contributed by atoms with Gasteiger partial charge in [-0.15, -0.1) is 0 Å². The average molecular weight is 449 g/mol. The van der Waals surface area contributed by atoms with Crippen LogP contribution in [0.1, 0.15) is 11.1 Å². The molecule has 2 heterocycles. The summed E-state index contributed by atoms with van der Waals surface area (Å²) in [4.78, 5) is 22.2. The van der Waals surface area contributed by atoms with Crippen LogP contribution in [0.3, 0.4) is 0 Å². The number of nitrogens with zero attached hydrogens (tertiary/aromatic N) is 3. The van der Waals surface area contributed by atoms with Crippen LogP contribution in [-0.4, -0.2) is 42.0 Å². The zero-order valence-corrected chi connectivity index (χ0v) is 19.1. The highest BCUT2D eigenvalue weighted by Crippen LogP contribution is 2.34. The van der Waals surface area contributed by atoms with Gasteiger partial charge in [0.05, 0.1) is 23.1 Å². The number of pyridine rings is 1. The topological polar surface area (TPSA) is 48.5 Å². The molecule has 3 aromatic carbocycles. The molecule has 1 saturated heterocycles. The second-order valence-electron chi connectivity index (χ2n) is 8.52. The second kappa shape index (κ2) is 10.3. The van der Waals surface area contributed by atoms with E-state index in [0.717, 1.165) is 60.6 Å². The SMILES string of the molecule is O=C(/C=C/c1ccccc1)Nc1cnc2ccccc2c1N1CCN(Cc2ccccc2)CC1. The number of rotatable bonds is 6. The molecule has 1 N–H and O–H groups in total. The Balaban J connectivity index is 1.35. The Kier molecular flexibility index (Phi) is 6.64. The first kappa shape index (κ1) is 21.9. The molecular formula is C29H28N4O. The lowest BCUT2D eigenvalue weighted by Gasteiger charge is -2.37. The first-order valence-electron chi connectivity index (χ1n) is 11.7. The van der Waals surface area contributed by atoms with E-state index in [1.165, 1.54) is 5.56 Å². The maximum atomic E-state index is 12.8. The number of hydrogen-bond donors (Lipinski definition) is 1. The number of piperazine rings is 1. The van der Waals surface area contributed by atoms with Gasteiger partial charge < -0.3 is 10.2 Å². The number of benzene rings is 3. The molecule has 0 bridgehead atoms. The van der Waals surface area contributed by atoms with Crippen LogP contribution in [0.4, 0.5) is 11.4 Å². The Labute approximate surface area is 200 Å². The quantitative estimate of drug-likeness (QED) is 0.412. The molecule has 1 aliphatic heterocycles. The molecule has 0 saturated carbocycles. The van der Waals surface area contributed by atoms with Gasteiger partial charge in [-0.25, -0.2) is 0 Å². The molecule has 0 atom stereocenters. The summed E-state index contributed by atoms with van der Waals surface area (Å²) < 4.78 is 0. The van der Waals surface area contributed by atoms with Gasteiger partial charge >= 0.3 is 0 Å². The van der Waals surface area contributed by atoms with Crippen molar-refractivity contribution < 1.29 is 4.79 Å². The summed E-state index contributed by atoms with van der Waals surface area (Å²) >= 11 is 0. The van der Waals surface area contributed by atoms with Crippen molar-refractivity contribution in [2.45, 2.75) is 6.54 Å². The highest BCUT2D eigenvalue weighted by Gasteiger charge is 2.22. The Morgan fingerprint density at radius 3 is 2.29 bits per heavy atom. The Morgan fingerprint density at radius 1 is 0.853 bits per heavy atom. The van der Waals surface area contributed by atoms with Gasteiger partial charge in [0, 0.05) is 44.2 Å². The van der Waals surface area contributed by atoms with E-state index in [-0.39, 0.29) is 5.91 Å². The number of para-hydroxylation sites is 1. The maximum Gasteiger partial charge on any atom is 0.248 e. The minimum absolute atomic E-state index is 0.162. The third-order valence-corrected chi connectivity index (χ3v) is 6.17. The summed E-state index contributed by atoms with van der Waals surface area (Å²) in [7, 11) is 0. The van der Waals surface area contributed by atoms with E-state index in [9.17, 15) is 4.79 Å². The third-order valence-electron chi connectivity index (χ3n) is 6.17. The van der Waals surface area contributed by atoms with E-state index in [1.807, 2.05) is 54.6 Å². The highest BCUT2D eigenvalue weighted by atomic mass is 16.1. The molecule has 1 aliphatic rings. The van der Waals surface area contributed by atoms with Crippen molar-refractivity contribution in [1.82, 2.24) is 9.88 Å². The molecule has 1 amide bonds. The summed E-state index contributed by atoms with van der Waals surface area (Å²) in [6.45, 7) is 4.67. The van der Waals surface area contributed by atoms with Crippen molar-refractivity contribution in [1.29, 1.82) is 0 Å². The first-order chi connectivity index (χ1) is 16.8. The molecule has 1 fully saturated rings. The van der Waals surface area contributed by atoms with E-state index in [1.54, 1.807) is 12.3 Å². The van der Waals surface area contributed by atoms with Crippen molar-refractivity contribution >= 4 is 34.3 Å². The van der Waals surface area contributed by atoms with Gasteiger partial charge in [-0.2, -0.15) is 0 Å². The molecule has 0 radical (unpaired) electrons. The normalized spacial score (nSPS) is 14.5. The summed E-state index contributed by atoms with van der Waals surface area (Å²) in [6, 6.07) is 28.6. The molecule has 5 heteroatoms. The van der Waals surface area contributed by atoms with Crippen molar-refractivity contribution in [2.24, 2.45) is 0 Å². The van der Waals surface area contributed by atoms with Gasteiger partial charge in [-0.05, 0) is 23.3 Å². The molecule has 1 aromatic heterocycles. The number of nitrogens with one attached hydrogen (secondary N) is 1. The lowest BCUT2D eigenvalue weighted by atomic mass is 10.1. The molecular weight excluding hydrogens is 420 g/mol. The van der Waals surface area contributed by atoms with Crippen LogP contribution >= 0.6 is 0 Å². The van der Waals surface area contributed by atoms with Crippen molar-refractivity contribution in [3.8, 4) is 0 Å². The number of amides is 1. The summed E-state index contributed by atoms with van der Waals surface area (Å²) in [5.41, 5.74) is 5.05. The fourth-order valence-electron chi connectivity index (χ4n) is 4.44. The molecule has 0 unspecified atom stereocenters. The number of hydrogen-bond acceptors (Lipinski definition) is 4. The third kappa shape index (κ3) is 5.16. The molecule has 0 spiro atoms. The predicted octanol–water partition coefficient (Wildman–Crippen LogP) is 5.21. The fraction of sp³-hybridized carbons (Fsp3) is 0.172. The van der Waals surface area contributed by atoms with Gasteiger partial charge in [0.2, 0.25) is 5.91 Å². The Bertz CT molecular complexity index is 1280. The number of fused-ring (bicyclic) bond motifs is 1. The van der Waals surface area contributed by atoms with E-state index in [0.29, 0.717) is 0 Å². The number of anilines is 2. The van der Waals surface area contributed by atoms with Gasteiger partial charge in [-0.3, -0.25) is 14.7 Å². The zero-order valence-electron chi connectivity index (χ0n) is 19.1. The van der Waals surface area contributed by atoms with E-state index in [2.05, 4.69) is 56.5 Å². The molecule has 5 rings (SSSR count). The Morgan fingerprint density at radius 2 is 1.53 bits per heavy atom. The smallest absolute Gasteiger partial charge is 0.248 e. The minimum Gasteiger partial charge on any atom is -0.367 e. The number of carbonyl (C=O) groups excluding carboxylic acids is 1. The predicted molar refractivity (Wildman–Crippen MR) is 140 cm³/mol. The van der Waals surface area contributed by atoms with E-state index in [4.69, 9.17) is 0 Å². The maximum absolute atomic E-state index is 12.8. The number of aromatic nitrogens is 1. The molecule has 4 aromatic rings. The summed E-state index contributed by atoms with van der Waals surface area (Å²) in [5.74, 6) is -0.162. The minimum atomic E-state index is -0.162. The Hall–Kier alpha value is -3.96. The average Bonchev–Trinajstić information content (AvgIpc) is 2.89. The van der Waals surface area contributed by atoms with Crippen LogP contribution in [0.5, 0.6) is 0 Å². The second-order valence-corrected chi connectivity index (χ2v) is 8.52. The van der Waals surface area contributed by atoms with Gasteiger partial charge in [0.15, 0.2) is 0 Å². The lowest BCUT2D eigenvalue weighted by Crippen LogP contribution is -2.46. The van der Waals surface area contributed by atoms with Gasteiger partial charge in [-0.1, -0.05) is 78.9 Å². The van der Waals surface area contributed by atoms with Crippen LogP contribution < -0.4 is 10.2 Å². The van der Waals surface area contributed by atoms with Crippen molar-refractivity contribution in [3.63, 3.8) is 0 Å². The van der Waals surface area contributed by atoms with Crippen LogP contribution in [0.25, 0.3) is 17.0 Å². The van der Waals surface area contributed by atoms with Crippen LogP contribution in [-0.2, 0) is 11.3 Å². The monoisotopic (exact) mass is 448 g/mol. The first-order valence-corrected chi connectivity index (χ1v) is 11.7. The van der Waals surface area contributed by atoms with Crippen molar-refractivity contribution in [2.75, 3.05) is 36.4 Å². The number of carbonyl (C=O) groups is 1. The van der Waals surface area contributed by atoms with Crippen LogP contribution in [0, 0.1) is 0 Å². The van der Waals surface area contributed by atoms with Crippen molar-refractivity contribution in [3.05, 3.63) is 108 Å². The molecule has 34 heavy (non-hydrogen) atoms.